The molecular formula is C20H25N3O3S2. The zero-order valence-corrected chi connectivity index (χ0v) is 18.3. The number of fused-ring (bicyclic) bond motifs is 1. The first-order valence-electron chi connectivity index (χ1n) is 8.83. The summed E-state index contributed by atoms with van der Waals surface area (Å²) in [5.74, 6) is 1.38. The molecule has 0 bridgehead atoms. The molecule has 0 saturated carbocycles. The lowest BCUT2D eigenvalue weighted by atomic mass is 9.85. The largest absolute Gasteiger partial charge is 0.495 e. The number of H-pyrrole nitrogens is 1. The fraction of sp³-hybridized carbons (Fsp3) is 0.350. The third-order valence-electron chi connectivity index (χ3n) is 4.83. The lowest BCUT2D eigenvalue weighted by Crippen LogP contribution is -2.36. The standard InChI is InChI=1S/C20H25N3O3S2/c1-12-6-8-14(17(26-4)18(12)27)19-22-15-9-7-13(10-16(15)23-19)20(2,3)11-21-28(5,24)25/h6-10,21,27H,11H2,1-5H3,(H,22,23). The number of benzene rings is 2. The highest BCUT2D eigenvalue weighted by Gasteiger charge is 2.23. The van der Waals surface area contributed by atoms with Crippen molar-refractivity contribution in [1.29, 1.82) is 0 Å². The summed E-state index contributed by atoms with van der Waals surface area (Å²) in [6, 6.07) is 9.89. The molecule has 0 saturated heterocycles. The Kier molecular flexibility index (Phi) is 5.49. The molecule has 0 amide bonds. The number of imidazole rings is 1. The van der Waals surface area contributed by atoms with Gasteiger partial charge in [0, 0.05) is 16.9 Å². The minimum Gasteiger partial charge on any atom is -0.495 e. The second-order valence-corrected chi connectivity index (χ2v) is 9.89. The Hall–Kier alpha value is -2.03. The van der Waals surface area contributed by atoms with E-state index in [2.05, 4.69) is 22.3 Å². The van der Waals surface area contributed by atoms with Crippen LogP contribution in [0.1, 0.15) is 25.0 Å². The van der Waals surface area contributed by atoms with Gasteiger partial charge >= 0.3 is 0 Å². The topological polar surface area (TPSA) is 84.1 Å². The molecule has 1 heterocycles. The van der Waals surface area contributed by atoms with Crippen molar-refractivity contribution < 1.29 is 13.2 Å². The van der Waals surface area contributed by atoms with E-state index in [9.17, 15) is 8.42 Å². The summed E-state index contributed by atoms with van der Waals surface area (Å²) in [7, 11) is -1.63. The quantitative estimate of drug-likeness (QED) is 0.533. The Balaban J connectivity index is 2.01. The van der Waals surface area contributed by atoms with Crippen LogP contribution in [0.4, 0.5) is 0 Å². The Morgan fingerprint density at radius 1 is 1.25 bits per heavy atom. The molecule has 150 valence electrons. The smallest absolute Gasteiger partial charge is 0.208 e. The normalized spacial score (nSPS) is 12.5. The number of methoxy groups -OCH3 is 1. The van der Waals surface area contributed by atoms with Crippen LogP contribution < -0.4 is 9.46 Å². The Bertz CT molecular complexity index is 1140. The SMILES string of the molecule is COc1c(-c2nc3cc(C(C)(C)CNS(C)(=O)=O)ccc3[nH]2)ccc(C)c1S. The lowest BCUT2D eigenvalue weighted by Gasteiger charge is -2.25. The van der Waals surface area contributed by atoms with Gasteiger partial charge in [-0.3, -0.25) is 0 Å². The van der Waals surface area contributed by atoms with Crippen LogP contribution >= 0.6 is 12.6 Å². The number of ether oxygens (including phenoxy) is 1. The van der Waals surface area contributed by atoms with Crippen LogP contribution in [0, 0.1) is 6.92 Å². The van der Waals surface area contributed by atoms with E-state index in [-0.39, 0.29) is 5.41 Å². The van der Waals surface area contributed by atoms with Gasteiger partial charge in [0.1, 0.15) is 11.6 Å². The molecule has 28 heavy (non-hydrogen) atoms. The predicted molar refractivity (Wildman–Crippen MR) is 116 cm³/mol. The Morgan fingerprint density at radius 3 is 2.61 bits per heavy atom. The molecule has 3 aromatic rings. The molecule has 0 aliphatic carbocycles. The van der Waals surface area contributed by atoms with Gasteiger partial charge in [-0.2, -0.15) is 0 Å². The van der Waals surface area contributed by atoms with Crippen LogP contribution in [0.25, 0.3) is 22.4 Å². The van der Waals surface area contributed by atoms with Crippen LogP contribution in [0.15, 0.2) is 35.2 Å². The molecule has 6 nitrogen and oxygen atoms in total. The van der Waals surface area contributed by atoms with Gasteiger partial charge in [0.05, 0.1) is 30.0 Å². The number of aromatic nitrogens is 2. The third-order valence-corrected chi connectivity index (χ3v) is 6.06. The summed E-state index contributed by atoms with van der Waals surface area (Å²) in [5.41, 5.74) is 4.20. The second-order valence-electron chi connectivity index (χ2n) is 7.61. The number of thiol groups is 1. The first-order chi connectivity index (χ1) is 13.0. The van der Waals surface area contributed by atoms with E-state index in [1.54, 1.807) is 7.11 Å². The molecule has 8 heteroatoms. The van der Waals surface area contributed by atoms with Crippen molar-refractivity contribution in [1.82, 2.24) is 14.7 Å². The van der Waals surface area contributed by atoms with E-state index in [1.807, 2.05) is 51.1 Å². The molecule has 0 unspecified atom stereocenters. The summed E-state index contributed by atoms with van der Waals surface area (Å²) < 4.78 is 31.0. The maximum atomic E-state index is 11.4. The van der Waals surface area contributed by atoms with E-state index in [4.69, 9.17) is 9.72 Å². The van der Waals surface area contributed by atoms with E-state index < -0.39 is 10.0 Å². The average molecular weight is 420 g/mol. The predicted octanol–water partition coefficient (Wildman–Crippen LogP) is 3.66. The fourth-order valence-electron chi connectivity index (χ4n) is 3.03. The zero-order valence-electron chi connectivity index (χ0n) is 16.6. The Labute approximate surface area is 171 Å². The fourth-order valence-corrected chi connectivity index (χ4v) is 3.94. The van der Waals surface area contributed by atoms with Gasteiger partial charge < -0.3 is 9.72 Å². The van der Waals surface area contributed by atoms with Gasteiger partial charge in [-0.1, -0.05) is 26.0 Å². The van der Waals surface area contributed by atoms with E-state index in [0.29, 0.717) is 18.1 Å². The number of hydrogen-bond donors (Lipinski definition) is 3. The highest BCUT2D eigenvalue weighted by molar-refractivity contribution is 7.88. The summed E-state index contributed by atoms with van der Waals surface area (Å²) in [5, 5.41) is 0. The molecule has 0 atom stereocenters. The number of hydrogen-bond acceptors (Lipinski definition) is 5. The van der Waals surface area contributed by atoms with Crippen LogP contribution in [-0.4, -0.2) is 38.3 Å². The van der Waals surface area contributed by atoms with Crippen molar-refractivity contribution in [2.45, 2.75) is 31.1 Å². The molecule has 0 radical (unpaired) electrons. The minimum absolute atomic E-state index is 0.309. The summed E-state index contributed by atoms with van der Waals surface area (Å²) in [6.07, 6.45) is 1.16. The van der Waals surface area contributed by atoms with Gasteiger partial charge in [-0.25, -0.2) is 18.1 Å². The van der Waals surface area contributed by atoms with Gasteiger partial charge in [-0.15, -0.1) is 12.6 Å². The molecular weight excluding hydrogens is 394 g/mol. The lowest BCUT2D eigenvalue weighted by molar-refractivity contribution is 0.406. The van der Waals surface area contributed by atoms with Gasteiger partial charge in [0.25, 0.3) is 0 Å². The molecule has 2 aromatic carbocycles. The molecule has 0 aliphatic heterocycles. The first-order valence-corrected chi connectivity index (χ1v) is 11.2. The number of aryl methyl sites for hydroxylation is 1. The van der Waals surface area contributed by atoms with E-state index in [0.717, 1.165) is 38.9 Å². The number of rotatable bonds is 6. The van der Waals surface area contributed by atoms with Crippen molar-refractivity contribution in [3.05, 3.63) is 41.5 Å². The van der Waals surface area contributed by atoms with Crippen molar-refractivity contribution in [2.24, 2.45) is 0 Å². The maximum absolute atomic E-state index is 11.4. The van der Waals surface area contributed by atoms with Crippen molar-refractivity contribution in [3.8, 4) is 17.1 Å². The van der Waals surface area contributed by atoms with Crippen molar-refractivity contribution in [2.75, 3.05) is 19.9 Å². The summed E-state index contributed by atoms with van der Waals surface area (Å²) in [4.78, 5) is 8.86. The number of sulfonamides is 1. The van der Waals surface area contributed by atoms with E-state index >= 15 is 0 Å². The summed E-state index contributed by atoms with van der Waals surface area (Å²) in [6.45, 7) is 6.28. The molecule has 0 aliphatic rings. The van der Waals surface area contributed by atoms with Gasteiger partial charge in [-0.05, 0) is 36.2 Å². The third kappa shape index (κ3) is 4.19. The van der Waals surface area contributed by atoms with Crippen molar-refractivity contribution in [3.63, 3.8) is 0 Å². The summed E-state index contributed by atoms with van der Waals surface area (Å²) >= 11 is 4.55. The minimum atomic E-state index is -3.25. The highest BCUT2D eigenvalue weighted by Crippen LogP contribution is 2.37. The van der Waals surface area contributed by atoms with Crippen LogP contribution in [0.5, 0.6) is 5.75 Å². The second kappa shape index (κ2) is 7.42. The van der Waals surface area contributed by atoms with Gasteiger partial charge in [0.15, 0.2) is 0 Å². The zero-order chi connectivity index (χ0) is 20.7. The Morgan fingerprint density at radius 2 is 1.96 bits per heavy atom. The maximum Gasteiger partial charge on any atom is 0.208 e. The number of aromatic amines is 1. The molecule has 2 N–H and O–H groups in total. The molecule has 3 rings (SSSR count). The number of nitrogens with one attached hydrogen (secondary N) is 2. The average Bonchev–Trinajstić information content (AvgIpc) is 3.04. The molecule has 0 spiro atoms. The van der Waals surface area contributed by atoms with Crippen molar-refractivity contribution >= 4 is 33.7 Å². The van der Waals surface area contributed by atoms with Crippen LogP contribution in [0.2, 0.25) is 0 Å². The first kappa shape index (κ1) is 20.7. The highest BCUT2D eigenvalue weighted by atomic mass is 32.2. The van der Waals surface area contributed by atoms with Crippen LogP contribution in [-0.2, 0) is 15.4 Å². The molecule has 1 aromatic heterocycles. The monoisotopic (exact) mass is 419 g/mol. The number of nitrogens with zero attached hydrogens (tertiary/aromatic N) is 1. The van der Waals surface area contributed by atoms with E-state index in [1.165, 1.54) is 0 Å². The van der Waals surface area contributed by atoms with Gasteiger partial charge in [0.2, 0.25) is 10.0 Å². The van der Waals surface area contributed by atoms with Crippen LogP contribution in [0.3, 0.4) is 0 Å². The molecule has 0 fully saturated rings.